The van der Waals surface area contributed by atoms with E-state index in [0.717, 1.165) is 71.7 Å². The van der Waals surface area contributed by atoms with Crippen LogP contribution >= 0.6 is 0 Å². The van der Waals surface area contributed by atoms with Gasteiger partial charge in [-0.2, -0.15) is 0 Å². The predicted molar refractivity (Wildman–Crippen MR) is 253 cm³/mol. The van der Waals surface area contributed by atoms with Crippen molar-refractivity contribution < 1.29 is 8.83 Å². The van der Waals surface area contributed by atoms with Gasteiger partial charge in [0.1, 0.15) is 22.3 Å². The van der Waals surface area contributed by atoms with E-state index in [1.54, 1.807) is 0 Å². The number of hydrogen-bond donors (Lipinski definition) is 0. The first-order valence-corrected chi connectivity index (χ1v) is 21.3. The van der Waals surface area contributed by atoms with Crippen LogP contribution in [-0.2, 0) is 5.41 Å². The van der Waals surface area contributed by atoms with Gasteiger partial charge in [0.15, 0.2) is 17.5 Å². The molecule has 0 bridgehead atoms. The van der Waals surface area contributed by atoms with E-state index >= 15 is 0 Å². The number of furan rings is 2. The molecule has 0 unspecified atom stereocenters. The molecule has 1 aliphatic carbocycles. The summed E-state index contributed by atoms with van der Waals surface area (Å²) in [6.45, 7) is 0. The fourth-order valence-electron chi connectivity index (χ4n) is 10.1. The molecule has 0 radical (unpaired) electrons. The van der Waals surface area contributed by atoms with E-state index in [1.807, 2.05) is 60.7 Å². The summed E-state index contributed by atoms with van der Waals surface area (Å²) in [6.07, 6.45) is 0. The van der Waals surface area contributed by atoms with Crippen LogP contribution in [0.1, 0.15) is 22.3 Å². The molecular weight excluding hydrogens is 771 g/mol. The molecule has 0 saturated heterocycles. The van der Waals surface area contributed by atoms with Gasteiger partial charge in [0.25, 0.3) is 0 Å². The first-order valence-electron chi connectivity index (χ1n) is 21.3. The average Bonchev–Trinajstić information content (AvgIpc) is 4.02. The first kappa shape index (κ1) is 35.4. The van der Waals surface area contributed by atoms with Gasteiger partial charge < -0.3 is 8.83 Å². The van der Waals surface area contributed by atoms with Crippen molar-refractivity contribution in [2.75, 3.05) is 0 Å². The van der Waals surface area contributed by atoms with E-state index in [1.165, 1.54) is 33.4 Å². The minimum absolute atomic E-state index is 0.497. The average molecular weight is 806 g/mol. The van der Waals surface area contributed by atoms with Crippen molar-refractivity contribution in [2.24, 2.45) is 0 Å². The van der Waals surface area contributed by atoms with Crippen LogP contribution in [-0.4, -0.2) is 15.0 Å². The number of aromatic nitrogens is 3. The van der Waals surface area contributed by atoms with Crippen LogP contribution in [0.5, 0.6) is 0 Å². The molecule has 9 aromatic carbocycles. The van der Waals surface area contributed by atoms with Crippen LogP contribution < -0.4 is 0 Å². The van der Waals surface area contributed by atoms with Gasteiger partial charge in [-0.05, 0) is 99.1 Å². The molecule has 13 rings (SSSR count). The first-order chi connectivity index (χ1) is 31.2. The molecule has 1 aliphatic rings. The standard InChI is InChI=1S/C58H35N3O2/c1-3-17-40(18-4-1)58(41-19-5-2-6-20-41)48-25-10-7-23-45(48)54-42(24-14-26-49(54)58)36-15-13-16-37(33-36)55-59-56(38-29-31-52-46(34-38)43-21-8-11-27-50(43)62-52)61-57(60-55)39-30-32-53-47(35-39)44-22-9-12-28-51(44)63-53/h1-35H. The number of fused-ring (bicyclic) bond motifs is 9. The summed E-state index contributed by atoms with van der Waals surface area (Å²) in [7, 11) is 0. The van der Waals surface area contributed by atoms with E-state index in [2.05, 4.69) is 152 Å². The highest BCUT2D eigenvalue weighted by molar-refractivity contribution is 6.07. The van der Waals surface area contributed by atoms with Crippen LogP contribution in [0, 0.1) is 0 Å². The molecule has 3 heterocycles. The summed E-state index contributed by atoms with van der Waals surface area (Å²) in [6, 6.07) is 74.8. The Bertz CT molecular complexity index is 3580. The summed E-state index contributed by atoms with van der Waals surface area (Å²) in [5.74, 6) is 1.74. The Kier molecular flexibility index (Phi) is 7.75. The number of nitrogens with zero attached hydrogens (tertiary/aromatic N) is 3. The summed E-state index contributed by atoms with van der Waals surface area (Å²) in [5, 5.41) is 4.13. The zero-order chi connectivity index (χ0) is 41.5. The lowest BCUT2D eigenvalue weighted by Gasteiger charge is -2.34. The molecule has 0 fully saturated rings. The highest BCUT2D eigenvalue weighted by Gasteiger charge is 2.46. The molecular formula is C58H35N3O2. The van der Waals surface area contributed by atoms with Crippen molar-refractivity contribution in [3.05, 3.63) is 235 Å². The molecule has 0 aliphatic heterocycles. The Morgan fingerprint density at radius 1 is 0.302 bits per heavy atom. The Hall–Kier alpha value is -8.41. The van der Waals surface area contributed by atoms with Crippen LogP contribution in [0.15, 0.2) is 221 Å². The van der Waals surface area contributed by atoms with E-state index in [-0.39, 0.29) is 0 Å². The maximum Gasteiger partial charge on any atom is 0.164 e. The third-order valence-electron chi connectivity index (χ3n) is 12.8. The molecule has 63 heavy (non-hydrogen) atoms. The maximum atomic E-state index is 6.21. The molecule has 12 aromatic rings. The fraction of sp³-hybridized carbons (Fsp3) is 0.0172. The SMILES string of the molecule is c1ccc(C2(c3ccccc3)c3ccccc3-c3c(-c4cccc(-c5nc(-c6ccc7oc8ccccc8c7c6)nc(-c6ccc7oc8ccccc8c7c6)n5)c4)cccc32)cc1. The minimum Gasteiger partial charge on any atom is -0.456 e. The summed E-state index contributed by atoms with van der Waals surface area (Å²) in [5.41, 5.74) is 15.2. The van der Waals surface area contributed by atoms with Crippen LogP contribution in [0.4, 0.5) is 0 Å². The molecule has 3 aromatic heterocycles. The monoisotopic (exact) mass is 805 g/mol. The number of rotatable bonds is 6. The lowest BCUT2D eigenvalue weighted by Crippen LogP contribution is -2.28. The van der Waals surface area contributed by atoms with E-state index in [0.29, 0.717) is 17.5 Å². The minimum atomic E-state index is -0.497. The Balaban J connectivity index is 1.01. The molecule has 5 heteroatoms. The van der Waals surface area contributed by atoms with Crippen LogP contribution in [0.25, 0.3) is 100 Å². The van der Waals surface area contributed by atoms with Crippen LogP contribution in [0.3, 0.4) is 0 Å². The second kappa shape index (κ2) is 13.8. The van der Waals surface area contributed by atoms with E-state index < -0.39 is 5.41 Å². The van der Waals surface area contributed by atoms with Crippen LogP contribution in [0.2, 0.25) is 0 Å². The molecule has 0 N–H and O–H groups in total. The second-order valence-corrected chi connectivity index (χ2v) is 16.3. The van der Waals surface area contributed by atoms with Gasteiger partial charge in [-0.25, -0.2) is 15.0 Å². The number of para-hydroxylation sites is 2. The van der Waals surface area contributed by atoms with E-state index in [9.17, 15) is 0 Å². The maximum absolute atomic E-state index is 6.21. The molecule has 0 saturated carbocycles. The zero-order valence-electron chi connectivity index (χ0n) is 33.9. The van der Waals surface area contributed by atoms with Crippen molar-refractivity contribution in [3.63, 3.8) is 0 Å². The Morgan fingerprint density at radius 3 is 1.35 bits per heavy atom. The van der Waals surface area contributed by atoms with Gasteiger partial charge in [-0.3, -0.25) is 0 Å². The molecule has 0 spiro atoms. The summed E-state index contributed by atoms with van der Waals surface area (Å²) < 4.78 is 12.4. The van der Waals surface area contributed by atoms with Gasteiger partial charge in [0.2, 0.25) is 0 Å². The second-order valence-electron chi connectivity index (χ2n) is 16.3. The summed E-state index contributed by atoms with van der Waals surface area (Å²) >= 11 is 0. The topological polar surface area (TPSA) is 65.0 Å². The van der Waals surface area contributed by atoms with Crippen molar-refractivity contribution in [1.29, 1.82) is 0 Å². The van der Waals surface area contributed by atoms with Gasteiger partial charge in [0, 0.05) is 38.2 Å². The number of hydrogen-bond acceptors (Lipinski definition) is 5. The van der Waals surface area contributed by atoms with Gasteiger partial charge in [0.05, 0.1) is 5.41 Å². The Labute approximate surface area is 362 Å². The molecule has 294 valence electrons. The van der Waals surface area contributed by atoms with Gasteiger partial charge in [-0.1, -0.05) is 158 Å². The quantitative estimate of drug-likeness (QED) is 0.167. The number of benzene rings is 9. The van der Waals surface area contributed by atoms with Crippen molar-refractivity contribution in [1.82, 2.24) is 15.0 Å². The lowest BCUT2D eigenvalue weighted by molar-refractivity contribution is 0.668. The Morgan fingerprint density at radius 2 is 0.746 bits per heavy atom. The largest absolute Gasteiger partial charge is 0.456 e. The third-order valence-corrected chi connectivity index (χ3v) is 12.8. The fourth-order valence-corrected chi connectivity index (χ4v) is 10.1. The van der Waals surface area contributed by atoms with Gasteiger partial charge >= 0.3 is 0 Å². The van der Waals surface area contributed by atoms with Gasteiger partial charge in [-0.15, -0.1) is 0 Å². The normalized spacial score (nSPS) is 12.9. The van der Waals surface area contributed by atoms with Crippen molar-refractivity contribution in [2.45, 2.75) is 5.41 Å². The smallest absolute Gasteiger partial charge is 0.164 e. The molecule has 0 amide bonds. The lowest BCUT2D eigenvalue weighted by atomic mass is 9.67. The highest BCUT2D eigenvalue weighted by Crippen LogP contribution is 2.58. The van der Waals surface area contributed by atoms with E-state index in [4.69, 9.17) is 23.8 Å². The summed E-state index contributed by atoms with van der Waals surface area (Å²) in [4.78, 5) is 15.7. The third kappa shape index (κ3) is 5.40. The zero-order valence-corrected chi connectivity index (χ0v) is 33.9. The van der Waals surface area contributed by atoms with Crippen molar-refractivity contribution in [3.8, 4) is 56.4 Å². The highest BCUT2D eigenvalue weighted by atomic mass is 16.3. The predicted octanol–water partition coefficient (Wildman–Crippen LogP) is 14.7. The molecule has 0 atom stereocenters. The molecule has 5 nitrogen and oxygen atoms in total. The van der Waals surface area contributed by atoms with Crippen molar-refractivity contribution >= 4 is 43.9 Å².